The predicted molar refractivity (Wildman–Crippen MR) is 194 cm³/mol. The molecule has 0 fully saturated rings. The predicted octanol–water partition coefficient (Wildman–Crippen LogP) is 12.7. The molecule has 8 aromatic carbocycles. The molecule has 0 saturated heterocycles. The summed E-state index contributed by atoms with van der Waals surface area (Å²) < 4.78 is 6.27. The molecule has 46 heavy (non-hydrogen) atoms. The molecule has 9 aromatic rings. The van der Waals surface area contributed by atoms with Crippen LogP contribution in [0, 0.1) is 0 Å². The highest BCUT2D eigenvalue weighted by Crippen LogP contribution is 2.40. The van der Waals surface area contributed by atoms with Gasteiger partial charge >= 0.3 is 0 Å². The Morgan fingerprint density at radius 2 is 0.935 bits per heavy atom. The minimum atomic E-state index is 0.910. The van der Waals surface area contributed by atoms with E-state index in [-0.39, 0.29) is 0 Å². The number of nitrogens with zero attached hydrogens (tertiary/aromatic N) is 1. The Balaban J connectivity index is 1.16. The van der Waals surface area contributed by atoms with Gasteiger partial charge in [0.25, 0.3) is 0 Å². The Bertz CT molecular complexity index is 2530. The molecule has 0 aliphatic rings. The largest absolute Gasteiger partial charge is 0.456 e. The minimum absolute atomic E-state index is 0.910. The third-order valence-electron chi connectivity index (χ3n) is 9.02. The van der Waals surface area contributed by atoms with E-state index in [0.717, 1.165) is 44.7 Å². The SMILES string of the molecule is c1ccc(-c2cccc(N(c3ccc(-c4ccc5oc6ccc7ccccc7c6c5c4)cc3)c3ccc4ccccc4c3)c2)cc1. The molecule has 0 atom stereocenters. The lowest BCUT2D eigenvalue weighted by atomic mass is 9.99. The average Bonchev–Trinajstić information content (AvgIpc) is 3.51. The van der Waals surface area contributed by atoms with Crippen LogP contribution in [0.3, 0.4) is 0 Å². The van der Waals surface area contributed by atoms with Crippen molar-refractivity contribution in [3.05, 3.63) is 176 Å². The van der Waals surface area contributed by atoms with Crippen LogP contribution in [0.4, 0.5) is 17.1 Å². The van der Waals surface area contributed by atoms with Gasteiger partial charge in [-0.15, -0.1) is 0 Å². The summed E-state index contributed by atoms with van der Waals surface area (Å²) in [6, 6.07) is 62.8. The summed E-state index contributed by atoms with van der Waals surface area (Å²) in [7, 11) is 0. The van der Waals surface area contributed by atoms with Crippen LogP contribution in [0.5, 0.6) is 0 Å². The van der Waals surface area contributed by atoms with E-state index in [0.29, 0.717) is 0 Å². The molecule has 0 aliphatic carbocycles. The number of furan rings is 1. The van der Waals surface area contributed by atoms with Crippen LogP contribution in [-0.2, 0) is 0 Å². The molecule has 1 heterocycles. The molecular formula is C44H29NO. The normalized spacial score (nSPS) is 11.5. The van der Waals surface area contributed by atoms with Crippen LogP contribution in [0.25, 0.3) is 65.7 Å². The Labute approximate surface area is 267 Å². The first-order valence-corrected chi connectivity index (χ1v) is 15.7. The highest BCUT2D eigenvalue weighted by atomic mass is 16.3. The standard InChI is InChI=1S/C44H29NO/c1-2-9-30(10-3-1)35-14-8-15-38(27-35)45(39-24-19-31-11-4-5-13-34(31)28-39)37-22-17-32(18-23-37)36-21-25-42-41(29-36)44-40-16-7-6-12-33(40)20-26-43(44)46-42/h1-29H. The fourth-order valence-electron chi connectivity index (χ4n) is 6.75. The molecule has 2 heteroatoms. The molecule has 0 amide bonds. The molecule has 0 saturated carbocycles. The second-order valence-electron chi connectivity index (χ2n) is 11.8. The van der Waals surface area contributed by atoms with Gasteiger partial charge in [-0.1, -0.05) is 121 Å². The lowest BCUT2D eigenvalue weighted by molar-refractivity contribution is 0.669. The fourth-order valence-corrected chi connectivity index (χ4v) is 6.75. The zero-order valence-corrected chi connectivity index (χ0v) is 25.1. The average molecular weight is 588 g/mol. The van der Waals surface area contributed by atoms with Crippen molar-refractivity contribution >= 4 is 60.5 Å². The van der Waals surface area contributed by atoms with Crippen molar-refractivity contribution in [3.63, 3.8) is 0 Å². The quantitative estimate of drug-likeness (QED) is 0.199. The zero-order valence-electron chi connectivity index (χ0n) is 25.1. The number of benzene rings is 8. The fraction of sp³-hybridized carbons (Fsp3) is 0. The summed E-state index contributed by atoms with van der Waals surface area (Å²) in [6.07, 6.45) is 0. The van der Waals surface area contributed by atoms with Crippen LogP contribution < -0.4 is 4.90 Å². The summed E-state index contributed by atoms with van der Waals surface area (Å²) in [5.41, 5.74) is 9.89. The van der Waals surface area contributed by atoms with Crippen LogP contribution in [0.1, 0.15) is 0 Å². The van der Waals surface area contributed by atoms with Crippen molar-refractivity contribution in [1.29, 1.82) is 0 Å². The van der Waals surface area contributed by atoms with Crippen LogP contribution in [0.15, 0.2) is 180 Å². The maximum Gasteiger partial charge on any atom is 0.136 e. The maximum absolute atomic E-state index is 6.27. The lowest BCUT2D eigenvalue weighted by Gasteiger charge is -2.26. The Kier molecular flexibility index (Phi) is 6.17. The smallest absolute Gasteiger partial charge is 0.136 e. The molecule has 0 N–H and O–H groups in total. The van der Waals surface area contributed by atoms with Gasteiger partial charge in [0.2, 0.25) is 0 Å². The van der Waals surface area contributed by atoms with Crippen LogP contribution in [0.2, 0.25) is 0 Å². The van der Waals surface area contributed by atoms with E-state index in [4.69, 9.17) is 4.42 Å². The highest BCUT2D eigenvalue weighted by molar-refractivity contribution is 6.19. The van der Waals surface area contributed by atoms with E-state index < -0.39 is 0 Å². The molecule has 0 bridgehead atoms. The Morgan fingerprint density at radius 3 is 1.80 bits per heavy atom. The monoisotopic (exact) mass is 587 g/mol. The highest BCUT2D eigenvalue weighted by Gasteiger charge is 2.16. The number of fused-ring (bicyclic) bond motifs is 6. The summed E-state index contributed by atoms with van der Waals surface area (Å²) in [5.74, 6) is 0. The molecule has 0 radical (unpaired) electrons. The van der Waals surface area contributed by atoms with E-state index in [2.05, 4.69) is 181 Å². The van der Waals surface area contributed by atoms with E-state index in [9.17, 15) is 0 Å². The first-order chi connectivity index (χ1) is 22.8. The van der Waals surface area contributed by atoms with E-state index in [1.807, 2.05) is 0 Å². The number of hydrogen-bond donors (Lipinski definition) is 0. The number of hydrogen-bond acceptors (Lipinski definition) is 2. The molecule has 0 aliphatic heterocycles. The minimum Gasteiger partial charge on any atom is -0.456 e. The van der Waals surface area contributed by atoms with Gasteiger partial charge < -0.3 is 9.32 Å². The van der Waals surface area contributed by atoms with Crippen molar-refractivity contribution in [3.8, 4) is 22.3 Å². The summed E-state index contributed by atoms with van der Waals surface area (Å²) in [5, 5.41) is 7.20. The van der Waals surface area contributed by atoms with Crippen molar-refractivity contribution < 1.29 is 4.42 Å². The second-order valence-corrected chi connectivity index (χ2v) is 11.8. The Morgan fingerprint density at radius 1 is 0.326 bits per heavy atom. The molecule has 9 rings (SSSR count). The van der Waals surface area contributed by atoms with Gasteiger partial charge in [0.15, 0.2) is 0 Å². The van der Waals surface area contributed by atoms with Crippen molar-refractivity contribution in [2.24, 2.45) is 0 Å². The topological polar surface area (TPSA) is 16.4 Å². The van der Waals surface area contributed by atoms with Gasteiger partial charge in [0.1, 0.15) is 11.2 Å². The zero-order chi connectivity index (χ0) is 30.5. The number of anilines is 3. The first-order valence-electron chi connectivity index (χ1n) is 15.7. The van der Waals surface area contributed by atoms with Gasteiger partial charge in [-0.3, -0.25) is 0 Å². The molecule has 0 spiro atoms. The van der Waals surface area contributed by atoms with Crippen LogP contribution in [-0.4, -0.2) is 0 Å². The van der Waals surface area contributed by atoms with Crippen molar-refractivity contribution in [2.75, 3.05) is 4.90 Å². The van der Waals surface area contributed by atoms with Gasteiger partial charge in [0, 0.05) is 27.8 Å². The van der Waals surface area contributed by atoms with Gasteiger partial charge in [0.05, 0.1) is 0 Å². The van der Waals surface area contributed by atoms with Gasteiger partial charge in [-0.25, -0.2) is 0 Å². The lowest BCUT2D eigenvalue weighted by Crippen LogP contribution is -2.10. The van der Waals surface area contributed by atoms with Gasteiger partial charge in [-0.2, -0.15) is 0 Å². The number of rotatable bonds is 5. The molecule has 1 aromatic heterocycles. The Hall–Kier alpha value is -6.12. The van der Waals surface area contributed by atoms with E-state index in [1.165, 1.54) is 38.1 Å². The summed E-state index contributed by atoms with van der Waals surface area (Å²) >= 11 is 0. The summed E-state index contributed by atoms with van der Waals surface area (Å²) in [6.45, 7) is 0. The second kappa shape index (κ2) is 10.8. The third kappa shape index (κ3) is 4.51. The third-order valence-corrected chi connectivity index (χ3v) is 9.02. The molecule has 216 valence electrons. The molecular weight excluding hydrogens is 558 g/mol. The van der Waals surface area contributed by atoms with Crippen molar-refractivity contribution in [1.82, 2.24) is 0 Å². The maximum atomic E-state index is 6.27. The van der Waals surface area contributed by atoms with Gasteiger partial charge in [-0.05, 0) is 98.4 Å². The van der Waals surface area contributed by atoms with E-state index in [1.54, 1.807) is 0 Å². The van der Waals surface area contributed by atoms with Crippen LogP contribution >= 0.6 is 0 Å². The first kappa shape index (κ1) is 26.3. The van der Waals surface area contributed by atoms with E-state index >= 15 is 0 Å². The van der Waals surface area contributed by atoms with Crippen molar-refractivity contribution in [2.45, 2.75) is 0 Å². The molecule has 0 unspecified atom stereocenters. The molecule has 2 nitrogen and oxygen atoms in total. The summed E-state index contributed by atoms with van der Waals surface area (Å²) in [4.78, 5) is 2.35.